The van der Waals surface area contributed by atoms with Crippen LogP contribution in [0.1, 0.15) is 66.7 Å². The third-order valence-corrected chi connectivity index (χ3v) is 7.16. The van der Waals surface area contributed by atoms with E-state index in [9.17, 15) is 19.5 Å². The van der Waals surface area contributed by atoms with Crippen LogP contribution in [-0.4, -0.2) is 95.5 Å². The Labute approximate surface area is 193 Å². The number of nitrogens with zero attached hydrogens (tertiary/aromatic N) is 3. The maximum absolute atomic E-state index is 13.7. The van der Waals surface area contributed by atoms with Crippen molar-refractivity contribution in [2.24, 2.45) is 11.3 Å². The number of carboxylic acids is 1. The minimum atomic E-state index is -0.796. The summed E-state index contributed by atoms with van der Waals surface area (Å²) in [6, 6.07) is -1.47. The van der Waals surface area contributed by atoms with E-state index in [4.69, 9.17) is 0 Å². The van der Waals surface area contributed by atoms with E-state index in [-0.39, 0.29) is 29.8 Å². The topological polar surface area (TPSA) is 93.2 Å². The van der Waals surface area contributed by atoms with Crippen molar-refractivity contribution >= 4 is 17.8 Å². The summed E-state index contributed by atoms with van der Waals surface area (Å²) in [6.45, 7) is 12.2. The molecule has 0 spiro atoms. The Kier molecular flexibility index (Phi) is 9.11. The van der Waals surface area contributed by atoms with Crippen LogP contribution < -0.4 is 5.32 Å². The summed E-state index contributed by atoms with van der Waals surface area (Å²) in [6.07, 6.45) is 4.42. The van der Waals surface area contributed by atoms with Crippen LogP contribution in [0.25, 0.3) is 0 Å². The predicted octanol–water partition coefficient (Wildman–Crippen LogP) is 2.03. The molecule has 4 atom stereocenters. The van der Waals surface area contributed by atoms with E-state index in [0.29, 0.717) is 13.0 Å². The fourth-order valence-corrected chi connectivity index (χ4v) is 5.01. The molecule has 2 amide bonds. The lowest BCUT2D eigenvalue weighted by Gasteiger charge is -2.41. The summed E-state index contributed by atoms with van der Waals surface area (Å²) in [5.74, 6) is -0.843. The second-order valence-corrected chi connectivity index (χ2v) is 11.1. The van der Waals surface area contributed by atoms with Gasteiger partial charge in [-0.2, -0.15) is 0 Å². The highest BCUT2D eigenvalue weighted by atomic mass is 16.4. The van der Waals surface area contributed by atoms with Crippen molar-refractivity contribution < 1.29 is 19.5 Å². The van der Waals surface area contributed by atoms with E-state index in [1.54, 1.807) is 11.9 Å². The van der Waals surface area contributed by atoms with Gasteiger partial charge >= 0.3 is 5.97 Å². The summed E-state index contributed by atoms with van der Waals surface area (Å²) in [7, 11) is 3.75. The summed E-state index contributed by atoms with van der Waals surface area (Å²) >= 11 is 0. The molecule has 0 bridgehead atoms. The number of hydrogen-bond donors (Lipinski definition) is 2. The van der Waals surface area contributed by atoms with Gasteiger partial charge in [-0.1, -0.05) is 41.0 Å². The van der Waals surface area contributed by atoms with Crippen LogP contribution in [0.3, 0.4) is 0 Å². The third kappa shape index (κ3) is 6.44. The molecule has 0 saturated carbocycles. The first-order valence-electron chi connectivity index (χ1n) is 12.1. The zero-order valence-electron chi connectivity index (χ0n) is 21.1. The van der Waals surface area contributed by atoms with Gasteiger partial charge in [-0.15, -0.1) is 0 Å². The lowest BCUT2D eigenvalue weighted by atomic mass is 9.84. The average Bonchev–Trinajstić information content (AvgIpc) is 3.17. The van der Waals surface area contributed by atoms with Crippen LogP contribution in [0.2, 0.25) is 0 Å². The number of carbonyl (C=O) groups is 3. The first-order chi connectivity index (χ1) is 14.8. The highest BCUT2D eigenvalue weighted by Crippen LogP contribution is 2.26. The van der Waals surface area contributed by atoms with Crippen LogP contribution in [-0.2, 0) is 14.4 Å². The van der Waals surface area contributed by atoms with Gasteiger partial charge in [0.2, 0.25) is 11.8 Å². The lowest BCUT2D eigenvalue weighted by molar-refractivity contribution is -0.144. The Balaban J connectivity index is 2.17. The standard InChI is InChI=1S/C24H44N4O4/c1-16(2)19(15-28-14-10-12-18(28)23(31)32)27(7)22(30)20(24(3,4)5)25-21(29)17-11-8-9-13-26(17)6/h16-20H,8-15H2,1-7H3,(H,25,29)(H,31,32)/t17?,18-,19+,20?/m0/s1. The smallest absolute Gasteiger partial charge is 0.320 e. The maximum atomic E-state index is 13.7. The van der Waals surface area contributed by atoms with E-state index in [0.717, 1.165) is 38.8 Å². The number of likely N-dealkylation sites (tertiary alicyclic amines) is 2. The molecule has 0 aromatic carbocycles. The molecular formula is C24H44N4O4. The van der Waals surface area contributed by atoms with Crippen molar-refractivity contribution in [1.82, 2.24) is 20.0 Å². The zero-order valence-corrected chi connectivity index (χ0v) is 21.1. The van der Waals surface area contributed by atoms with E-state index in [2.05, 4.69) is 24.1 Å². The molecule has 0 aromatic heterocycles. The molecule has 2 rings (SSSR count). The van der Waals surface area contributed by atoms with Crippen LogP contribution >= 0.6 is 0 Å². The normalized spacial score (nSPS) is 24.9. The van der Waals surface area contributed by atoms with Crippen molar-refractivity contribution in [2.45, 2.75) is 90.9 Å². The zero-order chi connectivity index (χ0) is 24.2. The van der Waals surface area contributed by atoms with E-state index in [1.165, 1.54) is 0 Å². The summed E-state index contributed by atoms with van der Waals surface area (Å²) in [5.41, 5.74) is -0.451. The summed E-state index contributed by atoms with van der Waals surface area (Å²) < 4.78 is 0. The fraction of sp³-hybridized carbons (Fsp3) is 0.875. The van der Waals surface area contributed by atoms with Gasteiger partial charge in [0.05, 0.1) is 6.04 Å². The number of nitrogens with one attached hydrogen (secondary N) is 1. The second kappa shape index (κ2) is 11.0. The van der Waals surface area contributed by atoms with Crippen LogP contribution in [0.15, 0.2) is 0 Å². The molecule has 0 aliphatic carbocycles. The highest BCUT2D eigenvalue weighted by Gasteiger charge is 2.40. The number of carbonyl (C=O) groups excluding carboxylic acids is 2. The quantitative estimate of drug-likeness (QED) is 0.585. The molecular weight excluding hydrogens is 408 g/mol. The summed E-state index contributed by atoms with van der Waals surface area (Å²) in [5, 5.41) is 12.6. The van der Waals surface area contributed by atoms with Gasteiger partial charge in [0.1, 0.15) is 12.1 Å². The average molecular weight is 453 g/mol. The molecule has 2 aliphatic rings. The van der Waals surface area contributed by atoms with Crippen molar-refractivity contribution in [1.29, 1.82) is 0 Å². The Morgan fingerprint density at radius 3 is 2.22 bits per heavy atom. The molecule has 2 N–H and O–H groups in total. The molecule has 8 heteroatoms. The van der Waals surface area contributed by atoms with Crippen LogP contribution in [0.5, 0.6) is 0 Å². The Morgan fingerprint density at radius 1 is 1.06 bits per heavy atom. The van der Waals surface area contributed by atoms with Gasteiger partial charge in [-0.25, -0.2) is 0 Å². The molecule has 8 nitrogen and oxygen atoms in total. The molecule has 32 heavy (non-hydrogen) atoms. The number of hydrogen-bond acceptors (Lipinski definition) is 5. The van der Waals surface area contributed by atoms with Gasteiger partial charge in [0.25, 0.3) is 0 Å². The fourth-order valence-electron chi connectivity index (χ4n) is 5.01. The molecule has 2 unspecified atom stereocenters. The van der Waals surface area contributed by atoms with Crippen molar-refractivity contribution in [3.8, 4) is 0 Å². The van der Waals surface area contributed by atoms with Gasteiger partial charge in [-0.3, -0.25) is 24.2 Å². The number of amides is 2. The van der Waals surface area contributed by atoms with Crippen LogP contribution in [0, 0.1) is 11.3 Å². The molecule has 0 radical (unpaired) electrons. The third-order valence-electron chi connectivity index (χ3n) is 7.16. The molecule has 2 saturated heterocycles. The van der Waals surface area contributed by atoms with E-state index >= 15 is 0 Å². The van der Waals surface area contributed by atoms with E-state index in [1.807, 2.05) is 32.7 Å². The van der Waals surface area contributed by atoms with Crippen LogP contribution in [0.4, 0.5) is 0 Å². The van der Waals surface area contributed by atoms with Gasteiger partial charge in [-0.05, 0) is 57.2 Å². The van der Waals surface area contributed by atoms with Crippen molar-refractivity contribution in [3.05, 3.63) is 0 Å². The first kappa shape index (κ1) is 26.6. The molecule has 2 heterocycles. The number of aliphatic carboxylic acids is 1. The number of rotatable bonds is 8. The number of piperidine rings is 1. The Hall–Kier alpha value is -1.67. The largest absolute Gasteiger partial charge is 0.480 e. The Morgan fingerprint density at radius 2 is 1.69 bits per heavy atom. The Bertz CT molecular complexity index is 675. The first-order valence-corrected chi connectivity index (χ1v) is 12.1. The molecule has 184 valence electrons. The number of carboxylic acid groups (broad SMARTS) is 1. The molecule has 2 aliphatic heterocycles. The predicted molar refractivity (Wildman–Crippen MR) is 125 cm³/mol. The highest BCUT2D eigenvalue weighted by molar-refractivity contribution is 5.90. The van der Waals surface area contributed by atoms with Crippen molar-refractivity contribution in [3.63, 3.8) is 0 Å². The van der Waals surface area contributed by atoms with E-state index < -0.39 is 23.5 Å². The molecule has 0 aromatic rings. The SMILES string of the molecule is CC(C)[C@@H](CN1CCC[C@H]1C(=O)O)N(C)C(=O)C(NC(=O)C1CCCCN1C)C(C)(C)C. The summed E-state index contributed by atoms with van der Waals surface area (Å²) in [4.78, 5) is 44.2. The minimum absolute atomic E-state index is 0.0829. The van der Waals surface area contributed by atoms with Gasteiger partial charge in [0, 0.05) is 19.6 Å². The van der Waals surface area contributed by atoms with Gasteiger partial charge < -0.3 is 15.3 Å². The molecule has 2 fully saturated rings. The van der Waals surface area contributed by atoms with Gasteiger partial charge in [0.15, 0.2) is 0 Å². The lowest BCUT2D eigenvalue weighted by Crippen LogP contribution is -2.61. The van der Waals surface area contributed by atoms with Crippen molar-refractivity contribution in [2.75, 3.05) is 33.7 Å². The monoisotopic (exact) mass is 452 g/mol. The second-order valence-electron chi connectivity index (χ2n) is 11.1. The maximum Gasteiger partial charge on any atom is 0.320 e. The minimum Gasteiger partial charge on any atom is -0.480 e. The number of likely N-dealkylation sites (N-methyl/N-ethyl adjacent to an activating group) is 2.